The second kappa shape index (κ2) is 8.39. The van der Waals surface area contributed by atoms with Gasteiger partial charge in [0.2, 0.25) is 0 Å². The molecule has 3 aromatic heterocycles. The van der Waals surface area contributed by atoms with E-state index in [1.54, 1.807) is 48.9 Å². The van der Waals surface area contributed by atoms with E-state index in [0.29, 0.717) is 34.4 Å². The molecule has 0 spiro atoms. The third-order valence-electron chi connectivity index (χ3n) is 5.18. The first-order valence-corrected chi connectivity index (χ1v) is 10.1. The summed E-state index contributed by atoms with van der Waals surface area (Å²) >= 11 is 0. The molecule has 7 heteroatoms. The number of nitrogens with one attached hydrogen (secondary N) is 2. The van der Waals surface area contributed by atoms with Crippen LogP contribution in [0.25, 0.3) is 22.0 Å². The van der Waals surface area contributed by atoms with Crippen molar-refractivity contribution in [2.45, 2.75) is 6.42 Å². The summed E-state index contributed by atoms with van der Waals surface area (Å²) in [5.41, 5.74) is 4.77. The maximum atomic E-state index is 13.8. The summed E-state index contributed by atoms with van der Waals surface area (Å²) < 4.78 is 13.8. The van der Waals surface area contributed by atoms with Crippen LogP contribution >= 0.6 is 0 Å². The van der Waals surface area contributed by atoms with Crippen molar-refractivity contribution in [2.24, 2.45) is 0 Å². The fourth-order valence-corrected chi connectivity index (χ4v) is 3.53. The van der Waals surface area contributed by atoms with Gasteiger partial charge < -0.3 is 5.32 Å². The number of aromatic nitrogens is 4. The van der Waals surface area contributed by atoms with Crippen LogP contribution in [0.5, 0.6) is 0 Å². The molecule has 1 amide bonds. The summed E-state index contributed by atoms with van der Waals surface area (Å²) in [6.07, 6.45) is 5.43. The van der Waals surface area contributed by atoms with E-state index in [2.05, 4.69) is 25.5 Å². The highest BCUT2D eigenvalue weighted by molar-refractivity contribution is 6.11. The number of carbonyl (C=O) groups excluding carboxylic acids is 1. The maximum absolute atomic E-state index is 13.8. The topological polar surface area (TPSA) is 83.6 Å². The number of anilines is 1. The Morgan fingerprint density at radius 1 is 0.969 bits per heavy atom. The van der Waals surface area contributed by atoms with Gasteiger partial charge in [-0.3, -0.25) is 19.9 Å². The average Bonchev–Trinajstić information content (AvgIpc) is 3.26. The van der Waals surface area contributed by atoms with E-state index in [1.165, 1.54) is 6.07 Å². The van der Waals surface area contributed by atoms with E-state index in [9.17, 15) is 9.18 Å². The predicted octanol–water partition coefficient (Wildman–Crippen LogP) is 5.00. The molecule has 0 radical (unpaired) electrons. The molecule has 0 aliphatic rings. The highest BCUT2D eigenvalue weighted by atomic mass is 19.1. The van der Waals surface area contributed by atoms with Crippen LogP contribution in [0.4, 0.5) is 10.1 Å². The molecule has 0 fully saturated rings. The first-order chi connectivity index (χ1) is 15.7. The molecule has 156 valence electrons. The molecule has 32 heavy (non-hydrogen) atoms. The molecule has 0 aliphatic heterocycles. The van der Waals surface area contributed by atoms with E-state index in [1.807, 2.05) is 30.3 Å². The predicted molar refractivity (Wildman–Crippen MR) is 121 cm³/mol. The molecule has 0 aliphatic carbocycles. The standard InChI is InChI=1S/C25H18FN5O/c26-22-6-2-1-4-17(22)12-19-8-9-20(15-28-19)29-25(32)24-21-13-16(7-10-23(21)30-31-24)18-5-3-11-27-14-18/h1-11,13-15H,12H2,(H,29,32)(H,30,31). The number of aromatic amines is 1. The van der Waals surface area contributed by atoms with Crippen molar-refractivity contribution in [3.8, 4) is 11.1 Å². The van der Waals surface area contributed by atoms with Crippen LogP contribution < -0.4 is 5.32 Å². The van der Waals surface area contributed by atoms with Crippen molar-refractivity contribution < 1.29 is 9.18 Å². The molecule has 3 heterocycles. The van der Waals surface area contributed by atoms with Crippen molar-refractivity contribution in [3.63, 3.8) is 0 Å². The van der Waals surface area contributed by atoms with Gasteiger partial charge in [-0.15, -0.1) is 0 Å². The highest BCUT2D eigenvalue weighted by Crippen LogP contribution is 2.25. The molecule has 2 aromatic carbocycles. The number of halogens is 1. The molecule has 5 aromatic rings. The zero-order valence-electron chi connectivity index (χ0n) is 16.9. The average molecular weight is 423 g/mol. The monoisotopic (exact) mass is 423 g/mol. The molecule has 0 bridgehead atoms. The molecule has 0 saturated carbocycles. The Bertz CT molecular complexity index is 1400. The van der Waals surface area contributed by atoms with E-state index in [-0.39, 0.29) is 11.7 Å². The van der Waals surface area contributed by atoms with Gasteiger partial charge in [0.1, 0.15) is 5.82 Å². The minimum absolute atomic E-state index is 0.261. The molecule has 6 nitrogen and oxygen atoms in total. The third kappa shape index (κ3) is 3.96. The van der Waals surface area contributed by atoms with Gasteiger partial charge in [-0.25, -0.2) is 4.39 Å². The maximum Gasteiger partial charge on any atom is 0.276 e. The van der Waals surface area contributed by atoms with Gasteiger partial charge >= 0.3 is 0 Å². The molecule has 0 unspecified atom stereocenters. The fourth-order valence-electron chi connectivity index (χ4n) is 3.53. The van der Waals surface area contributed by atoms with Crippen LogP contribution in [0.15, 0.2) is 85.3 Å². The third-order valence-corrected chi connectivity index (χ3v) is 5.18. The smallest absolute Gasteiger partial charge is 0.276 e. The van der Waals surface area contributed by atoms with Gasteiger partial charge in [0, 0.05) is 35.5 Å². The van der Waals surface area contributed by atoms with Crippen LogP contribution in [0.3, 0.4) is 0 Å². The molecule has 0 saturated heterocycles. The number of pyridine rings is 2. The van der Waals surface area contributed by atoms with E-state index in [0.717, 1.165) is 16.6 Å². The lowest BCUT2D eigenvalue weighted by Gasteiger charge is -2.06. The second-order valence-electron chi connectivity index (χ2n) is 7.33. The van der Waals surface area contributed by atoms with Crippen LogP contribution in [-0.2, 0) is 6.42 Å². The van der Waals surface area contributed by atoms with Gasteiger partial charge in [-0.1, -0.05) is 30.3 Å². The number of rotatable bonds is 5. The van der Waals surface area contributed by atoms with E-state index >= 15 is 0 Å². The SMILES string of the molecule is O=C(Nc1ccc(Cc2ccccc2F)nc1)c1n[nH]c2ccc(-c3cccnc3)cc12. The first-order valence-electron chi connectivity index (χ1n) is 10.1. The molecule has 2 N–H and O–H groups in total. The van der Waals surface area contributed by atoms with Crippen molar-refractivity contribution in [2.75, 3.05) is 5.32 Å². The number of amides is 1. The van der Waals surface area contributed by atoms with Crippen molar-refractivity contribution >= 4 is 22.5 Å². The summed E-state index contributed by atoms with van der Waals surface area (Å²) in [5, 5.41) is 10.6. The molecular formula is C25H18FN5O. The number of hydrogen-bond acceptors (Lipinski definition) is 4. The van der Waals surface area contributed by atoms with Gasteiger partial charge in [-0.05, 0) is 47.5 Å². The van der Waals surface area contributed by atoms with Crippen LogP contribution in [0.2, 0.25) is 0 Å². The normalized spacial score (nSPS) is 10.9. The summed E-state index contributed by atoms with van der Waals surface area (Å²) in [6.45, 7) is 0. The zero-order valence-corrected chi connectivity index (χ0v) is 16.9. The van der Waals surface area contributed by atoms with Crippen molar-refractivity contribution in [1.29, 1.82) is 0 Å². The van der Waals surface area contributed by atoms with E-state index < -0.39 is 0 Å². The Morgan fingerprint density at radius 2 is 1.88 bits per heavy atom. The van der Waals surface area contributed by atoms with Gasteiger partial charge in [0.25, 0.3) is 5.91 Å². The molecule has 5 rings (SSSR count). The van der Waals surface area contributed by atoms with Crippen LogP contribution in [0.1, 0.15) is 21.7 Å². The number of fused-ring (bicyclic) bond motifs is 1. The van der Waals surface area contributed by atoms with Gasteiger partial charge in [-0.2, -0.15) is 5.10 Å². The number of nitrogens with zero attached hydrogens (tertiary/aromatic N) is 3. The minimum atomic E-state index is -0.344. The minimum Gasteiger partial charge on any atom is -0.319 e. The Kier molecular flexibility index (Phi) is 5.13. The second-order valence-corrected chi connectivity index (χ2v) is 7.33. The van der Waals surface area contributed by atoms with Crippen LogP contribution in [0, 0.1) is 5.82 Å². The number of carbonyl (C=O) groups is 1. The van der Waals surface area contributed by atoms with Gasteiger partial charge in [0.15, 0.2) is 5.69 Å². The Morgan fingerprint density at radius 3 is 2.66 bits per heavy atom. The fraction of sp³-hybridized carbons (Fsp3) is 0.0400. The summed E-state index contributed by atoms with van der Waals surface area (Å²) in [6, 6.07) is 19.7. The Labute approximate surface area is 183 Å². The lowest BCUT2D eigenvalue weighted by atomic mass is 10.0. The molecular weight excluding hydrogens is 405 g/mol. The Hall–Kier alpha value is -4.39. The lowest BCUT2D eigenvalue weighted by molar-refractivity contribution is 0.102. The highest BCUT2D eigenvalue weighted by Gasteiger charge is 2.15. The largest absolute Gasteiger partial charge is 0.319 e. The zero-order chi connectivity index (χ0) is 21.9. The molecule has 0 atom stereocenters. The Balaban J connectivity index is 1.35. The summed E-state index contributed by atoms with van der Waals surface area (Å²) in [5.74, 6) is -0.606. The van der Waals surface area contributed by atoms with Crippen molar-refractivity contribution in [3.05, 3.63) is 108 Å². The first kappa shape index (κ1) is 19.6. The lowest BCUT2D eigenvalue weighted by Crippen LogP contribution is -2.13. The number of H-pyrrole nitrogens is 1. The quantitative estimate of drug-likeness (QED) is 0.417. The van der Waals surface area contributed by atoms with Gasteiger partial charge in [0.05, 0.1) is 17.4 Å². The number of hydrogen-bond donors (Lipinski definition) is 2. The van der Waals surface area contributed by atoms with Crippen LogP contribution in [-0.4, -0.2) is 26.1 Å². The number of benzene rings is 2. The summed E-state index contributed by atoms with van der Waals surface area (Å²) in [4.78, 5) is 21.4. The van der Waals surface area contributed by atoms with Crippen molar-refractivity contribution in [1.82, 2.24) is 20.2 Å². The van der Waals surface area contributed by atoms with E-state index in [4.69, 9.17) is 0 Å². The summed E-state index contributed by atoms with van der Waals surface area (Å²) in [7, 11) is 0.